The number of ether oxygens (including phenoxy) is 1. The van der Waals surface area contributed by atoms with Crippen LogP contribution in [0.5, 0.6) is 0 Å². The number of aromatic nitrogens is 2. The molecule has 0 unspecified atom stereocenters. The molecular weight excluding hydrogens is 347 g/mol. The van der Waals surface area contributed by atoms with Crippen LogP contribution >= 0.6 is 0 Å². The predicted molar refractivity (Wildman–Crippen MR) is 88.4 cm³/mol. The summed E-state index contributed by atoms with van der Waals surface area (Å²) in [7, 11) is 0. The summed E-state index contributed by atoms with van der Waals surface area (Å²) in [4.78, 5) is 12.9. The van der Waals surface area contributed by atoms with Crippen LogP contribution in [-0.4, -0.2) is 35.4 Å². The van der Waals surface area contributed by atoms with Crippen molar-refractivity contribution in [2.75, 3.05) is 19.8 Å². The van der Waals surface area contributed by atoms with Crippen LogP contribution in [0.1, 0.15) is 24.1 Å². The third-order valence-electron chi connectivity index (χ3n) is 4.66. The van der Waals surface area contributed by atoms with Crippen molar-refractivity contribution in [1.82, 2.24) is 15.1 Å². The minimum Gasteiger partial charge on any atom is -0.381 e. The number of halogens is 3. The van der Waals surface area contributed by atoms with Gasteiger partial charge in [0.15, 0.2) is 5.69 Å². The molecule has 0 bridgehead atoms. The Balaban J connectivity index is 1.65. The summed E-state index contributed by atoms with van der Waals surface area (Å²) in [5, 5.41) is 6.34. The van der Waals surface area contributed by atoms with Crippen LogP contribution in [0.3, 0.4) is 0 Å². The third kappa shape index (κ3) is 3.90. The van der Waals surface area contributed by atoms with E-state index >= 15 is 0 Å². The molecule has 0 aliphatic carbocycles. The Labute approximate surface area is 149 Å². The zero-order valence-corrected chi connectivity index (χ0v) is 14.1. The second-order valence-corrected chi connectivity index (χ2v) is 6.28. The maximum absolute atomic E-state index is 12.9. The Morgan fingerprint density at radius 3 is 2.50 bits per heavy atom. The lowest BCUT2D eigenvalue weighted by molar-refractivity contribution is -0.141. The van der Waals surface area contributed by atoms with E-state index in [-0.39, 0.29) is 19.0 Å². The maximum Gasteiger partial charge on any atom is 0.435 e. The number of nitrogens with zero attached hydrogens (tertiary/aromatic N) is 2. The maximum atomic E-state index is 12.9. The summed E-state index contributed by atoms with van der Waals surface area (Å²) in [6, 6.07) is 10.4. The van der Waals surface area contributed by atoms with Gasteiger partial charge >= 0.3 is 6.18 Å². The van der Waals surface area contributed by atoms with Crippen molar-refractivity contribution < 1.29 is 22.7 Å². The van der Waals surface area contributed by atoms with E-state index in [1.807, 2.05) is 30.3 Å². The molecule has 1 aromatic heterocycles. The normalized spacial score (nSPS) is 17.0. The van der Waals surface area contributed by atoms with E-state index in [4.69, 9.17) is 4.74 Å². The summed E-state index contributed by atoms with van der Waals surface area (Å²) >= 11 is 0. The zero-order valence-electron chi connectivity index (χ0n) is 14.1. The smallest absolute Gasteiger partial charge is 0.381 e. The first-order valence-corrected chi connectivity index (χ1v) is 8.44. The van der Waals surface area contributed by atoms with Crippen LogP contribution in [-0.2, 0) is 27.7 Å². The van der Waals surface area contributed by atoms with Crippen LogP contribution in [0.25, 0.3) is 0 Å². The highest BCUT2D eigenvalue weighted by molar-refractivity contribution is 5.88. The number of carbonyl (C=O) groups is 1. The molecule has 26 heavy (non-hydrogen) atoms. The van der Waals surface area contributed by atoms with Gasteiger partial charge in [0.05, 0.1) is 12.0 Å². The average Bonchev–Trinajstić information content (AvgIpc) is 3.12. The van der Waals surface area contributed by atoms with Crippen LogP contribution in [0, 0.1) is 0 Å². The summed E-state index contributed by atoms with van der Waals surface area (Å²) in [5.41, 5.74) is -0.672. The first kappa shape index (κ1) is 18.4. The molecule has 0 spiro atoms. The van der Waals surface area contributed by atoms with E-state index in [0.29, 0.717) is 26.1 Å². The van der Waals surface area contributed by atoms with Gasteiger partial charge in [0.2, 0.25) is 5.91 Å². The summed E-state index contributed by atoms with van der Waals surface area (Å²) in [6.07, 6.45) is -2.06. The molecular formula is C18H20F3N3O2. The van der Waals surface area contributed by atoms with E-state index in [0.717, 1.165) is 11.6 Å². The van der Waals surface area contributed by atoms with Gasteiger partial charge in [-0.15, -0.1) is 0 Å². The first-order valence-electron chi connectivity index (χ1n) is 8.44. The van der Waals surface area contributed by atoms with Gasteiger partial charge in [-0.3, -0.25) is 9.48 Å². The molecule has 0 saturated carbocycles. The quantitative estimate of drug-likeness (QED) is 0.884. The zero-order chi connectivity index (χ0) is 18.6. The Morgan fingerprint density at radius 1 is 1.19 bits per heavy atom. The van der Waals surface area contributed by atoms with Crippen molar-refractivity contribution in [3.05, 3.63) is 53.9 Å². The van der Waals surface area contributed by atoms with Crippen molar-refractivity contribution >= 4 is 5.91 Å². The fourth-order valence-corrected chi connectivity index (χ4v) is 3.21. The minimum absolute atomic E-state index is 0.129. The number of nitrogens with one attached hydrogen (secondary N) is 1. The molecule has 140 valence electrons. The lowest BCUT2D eigenvalue weighted by atomic mass is 9.73. The highest BCUT2D eigenvalue weighted by Gasteiger charge is 2.41. The predicted octanol–water partition coefficient (Wildman–Crippen LogP) is 2.77. The van der Waals surface area contributed by atoms with Gasteiger partial charge in [-0.2, -0.15) is 18.3 Å². The lowest BCUT2D eigenvalue weighted by Crippen LogP contribution is -2.48. The topological polar surface area (TPSA) is 56.2 Å². The largest absolute Gasteiger partial charge is 0.435 e. The van der Waals surface area contributed by atoms with Crippen molar-refractivity contribution in [3.63, 3.8) is 0 Å². The van der Waals surface area contributed by atoms with Gasteiger partial charge in [0.25, 0.3) is 0 Å². The minimum atomic E-state index is -4.46. The van der Waals surface area contributed by atoms with Crippen LogP contribution in [0.4, 0.5) is 13.2 Å². The molecule has 5 nitrogen and oxygen atoms in total. The Bertz CT molecular complexity index is 738. The molecule has 2 heterocycles. The molecule has 3 rings (SSSR count). The number of amides is 1. The number of benzene rings is 1. The van der Waals surface area contributed by atoms with Crippen molar-refractivity contribution in [2.45, 2.75) is 31.0 Å². The summed E-state index contributed by atoms with van der Waals surface area (Å²) < 4.78 is 44.3. The standard InChI is InChI=1S/C18H20F3N3O2/c19-18(20,21)15-6-10-24(23-15)11-9-22-16(25)17(7-12-26-13-8-17)14-4-2-1-3-5-14/h1-6,10H,7-9,11-13H2,(H,22,25). The number of hydrogen-bond donors (Lipinski definition) is 1. The molecule has 1 saturated heterocycles. The molecule has 0 atom stereocenters. The number of rotatable bonds is 5. The van der Waals surface area contributed by atoms with Crippen LogP contribution < -0.4 is 5.32 Å². The van der Waals surface area contributed by atoms with Crippen LogP contribution in [0.15, 0.2) is 42.6 Å². The van der Waals surface area contributed by atoms with Crippen molar-refractivity contribution in [2.24, 2.45) is 0 Å². The molecule has 0 radical (unpaired) electrons. The van der Waals surface area contributed by atoms with Gasteiger partial charge in [0, 0.05) is 26.0 Å². The first-order chi connectivity index (χ1) is 12.4. The molecule has 1 aliphatic heterocycles. The van der Waals surface area contributed by atoms with Gasteiger partial charge in [0.1, 0.15) is 0 Å². The highest BCUT2D eigenvalue weighted by atomic mass is 19.4. The number of carbonyl (C=O) groups excluding carboxylic acids is 1. The molecule has 1 N–H and O–H groups in total. The Morgan fingerprint density at radius 2 is 1.88 bits per heavy atom. The second kappa shape index (κ2) is 7.49. The van der Waals surface area contributed by atoms with Gasteiger partial charge < -0.3 is 10.1 Å². The average molecular weight is 367 g/mol. The summed E-state index contributed by atoms with van der Waals surface area (Å²) in [5.74, 6) is -0.129. The Hall–Kier alpha value is -2.35. The molecule has 1 fully saturated rings. The van der Waals surface area contributed by atoms with E-state index in [1.165, 1.54) is 10.9 Å². The fraction of sp³-hybridized carbons (Fsp3) is 0.444. The van der Waals surface area contributed by atoms with E-state index < -0.39 is 17.3 Å². The van der Waals surface area contributed by atoms with Gasteiger partial charge in [-0.1, -0.05) is 30.3 Å². The monoisotopic (exact) mass is 367 g/mol. The SMILES string of the molecule is O=C(NCCn1ccc(C(F)(F)F)n1)C1(c2ccccc2)CCOCC1. The summed E-state index contributed by atoms with van der Waals surface area (Å²) in [6.45, 7) is 1.36. The van der Waals surface area contributed by atoms with Gasteiger partial charge in [-0.25, -0.2) is 0 Å². The number of alkyl halides is 3. The molecule has 1 amide bonds. The van der Waals surface area contributed by atoms with E-state index in [2.05, 4.69) is 10.4 Å². The molecule has 1 aromatic carbocycles. The highest BCUT2D eigenvalue weighted by Crippen LogP contribution is 2.35. The Kier molecular flexibility index (Phi) is 5.31. The fourth-order valence-electron chi connectivity index (χ4n) is 3.21. The van der Waals surface area contributed by atoms with E-state index in [9.17, 15) is 18.0 Å². The lowest BCUT2D eigenvalue weighted by Gasteiger charge is -2.36. The van der Waals surface area contributed by atoms with E-state index in [1.54, 1.807) is 0 Å². The third-order valence-corrected chi connectivity index (χ3v) is 4.66. The molecule has 1 aliphatic rings. The van der Waals surface area contributed by atoms with Crippen LogP contribution in [0.2, 0.25) is 0 Å². The molecule has 8 heteroatoms. The molecule has 2 aromatic rings. The van der Waals surface area contributed by atoms with Crippen molar-refractivity contribution in [3.8, 4) is 0 Å². The van der Waals surface area contributed by atoms with Gasteiger partial charge in [-0.05, 0) is 24.5 Å². The second-order valence-electron chi connectivity index (χ2n) is 6.28. The number of hydrogen-bond acceptors (Lipinski definition) is 3. The van der Waals surface area contributed by atoms with Crippen molar-refractivity contribution in [1.29, 1.82) is 0 Å².